The molecule has 3 rings (SSSR count). The minimum Gasteiger partial charge on any atom is -0.354 e. The standard InChI is InChI=1S/C21H14BrF7N4O2/c1-10(30-13-4-6-16(23)15(22)9-13)18-19(33-35-32-18)31-17(34)7-2-11-8-12(20(24,25)26)3-5-14(11)21(27,28)29/h3-6,8-9,30H,1-2,7H2,(H,31,33,34). The van der Waals surface area contributed by atoms with Crippen molar-refractivity contribution in [3.63, 3.8) is 0 Å². The van der Waals surface area contributed by atoms with Crippen molar-refractivity contribution in [1.82, 2.24) is 10.3 Å². The summed E-state index contributed by atoms with van der Waals surface area (Å²) in [5.41, 5.74) is -2.81. The minimum absolute atomic E-state index is 0.0613. The quantitative estimate of drug-likeness (QED) is 0.312. The lowest BCUT2D eigenvalue weighted by Gasteiger charge is -2.15. The molecule has 0 aliphatic carbocycles. The maximum atomic E-state index is 13.4. The third kappa shape index (κ3) is 6.59. The van der Waals surface area contributed by atoms with Gasteiger partial charge in [0.15, 0.2) is 5.69 Å². The third-order valence-corrected chi connectivity index (χ3v) is 5.21. The van der Waals surface area contributed by atoms with E-state index in [0.717, 1.165) is 0 Å². The summed E-state index contributed by atoms with van der Waals surface area (Å²) in [6.45, 7) is 3.71. The Morgan fingerprint density at radius 3 is 2.34 bits per heavy atom. The molecule has 14 heteroatoms. The molecule has 0 unspecified atom stereocenters. The van der Waals surface area contributed by atoms with Crippen LogP contribution in [0, 0.1) is 5.82 Å². The molecule has 0 bridgehead atoms. The van der Waals surface area contributed by atoms with Gasteiger partial charge in [-0.2, -0.15) is 26.3 Å². The molecular formula is C21H14BrF7N4O2. The topological polar surface area (TPSA) is 80.1 Å². The largest absolute Gasteiger partial charge is 0.416 e. The van der Waals surface area contributed by atoms with Crippen LogP contribution in [0.3, 0.4) is 0 Å². The van der Waals surface area contributed by atoms with Crippen molar-refractivity contribution >= 4 is 39.0 Å². The van der Waals surface area contributed by atoms with Crippen LogP contribution in [0.1, 0.15) is 28.8 Å². The molecule has 1 amide bonds. The van der Waals surface area contributed by atoms with Gasteiger partial charge in [-0.05, 0) is 74.6 Å². The van der Waals surface area contributed by atoms with Crippen LogP contribution < -0.4 is 10.6 Å². The van der Waals surface area contributed by atoms with E-state index in [0.29, 0.717) is 23.9 Å². The summed E-state index contributed by atoms with van der Waals surface area (Å²) in [4.78, 5) is 12.3. The highest BCUT2D eigenvalue weighted by Crippen LogP contribution is 2.37. The first-order chi connectivity index (χ1) is 16.3. The number of alkyl halides is 6. The normalized spacial score (nSPS) is 11.9. The van der Waals surface area contributed by atoms with Crippen LogP contribution in [-0.2, 0) is 23.6 Å². The Kier molecular flexibility index (Phi) is 7.53. The van der Waals surface area contributed by atoms with Gasteiger partial charge in [-0.1, -0.05) is 6.58 Å². The second-order valence-electron chi connectivity index (χ2n) is 7.11. The lowest BCUT2D eigenvalue weighted by Crippen LogP contribution is -2.17. The Labute approximate surface area is 201 Å². The number of halogens is 8. The number of carbonyl (C=O) groups excluding carboxylic acids is 1. The van der Waals surface area contributed by atoms with Gasteiger partial charge in [-0.25, -0.2) is 9.02 Å². The third-order valence-electron chi connectivity index (χ3n) is 4.61. The van der Waals surface area contributed by atoms with Gasteiger partial charge in [-0.15, -0.1) is 0 Å². The molecule has 0 saturated carbocycles. The van der Waals surface area contributed by atoms with E-state index < -0.39 is 53.6 Å². The second-order valence-corrected chi connectivity index (χ2v) is 7.96. The van der Waals surface area contributed by atoms with Crippen molar-refractivity contribution in [2.24, 2.45) is 0 Å². The fourth-order valence-corrected chi connectivity index (χ4v) is 3.35. The zero-order valence-corrected chi connectivity index (χ0v) is 18.9. The number of hydrogen-bond acceptors (Lipinski definition) is 5. The molecule has 3 aromatic rings. The number of benzene rings is 2. The molecule has 6 nitrogen and oxygen atoms in total. The lowest BCUT2D eigenvalue weighted by atomic mass is 9.99. The highest BCUT2D eigenvalue weighted by Gasteiger charge is 2.37. The van der Waals surface area contributed by atoms with Crippen molar-refractivity contribution in [2.45, 2.75) is 25.2 Å². The van der Waals surface area contributed by atoms with E-state index in [1.54, 1.807) is 0 Å². The molecule has 2 N–H and O–H groups in total. The minimum atomic E-state index is -4.90. The molecule has 186 valence electrons. The van der Waals surface area contributed by atoms with Crippen molar-refractivity contribution in [3.05, 3.63) is 75.7 Å². The van der Waals surface area contributed by atoms with E-state index >= 15 is 0 Å². The first-order valence-electron chi connectivity index (χ1n) is 9.57. The average Bonchev–Trinajstić information content (AvgIpc) is 3.21. The summed E-state index contributed by atoms with van der Waals surface area (Å²) in [6.07, 6.45) is -11.0. The molecule has 0 radical (unpaired) electrons. The summed E-state index contributed by atoms with van der Waals surface area (Å²) >= 11 is 3.02. The number of hydrogen-bond donors (Lipinski definition) is 2. The second kappa shape index (κ2) is 10.1. The molecule has 0 fully saturated rings. The van der Waals surface area contributed by atoms with Gasteiger partial charge in [0.1, 0.15) is 5.82 Å². The first-order valence-corrected chi connectivity index (χ1v) is 10.4. The number of nitrogens with zero attached hydrogens (tertiary/aromatic N) is 2. The molecule has 0 aliphatic rings. The van der Waals surface area contributed by atoms with Crippen LogP contribution in [0.25, 0.3) is 5.70 Å². The van der Waals surface area contributed by atoms with Crippen LogP contribution in [0.2, 0.25) is 0 Å². The molecule has 1 aromatic heterocycles. The predicted molar refractivity (Wildman–Crippen MR) is 114 cm³/mol. The van der Waals surface area contributed by atoms with E-state index in [1.165, 1.54) is 18.2 Å². The van der Waals surface area contributed by atoms with Gasteiger partial charge in [0.05, 0.1) is 21.3 Å². The number of amides is 1. The van der Waals surface area contributed by atoms with E-state index in [9.17, 15) is 35.5 Å². The zero-order chi connectivity index (χ0) is 26.0. The Balaban J connectivity index is 1.71. The van der Waals surface area contributed by atoms with Crippen molar-refractivity contribution in [2.75, 3.05) is 10.6 Å². The molecular weight excluding hydrogens is 553 g/mol. The van der Waals surface area contributed by atoms with Gasteiger partial charge >= 0.3 is 12.4 Å². The van der Waals surface area contributed by atoms with Crippen LogP contribution in [0.15, 0.2) is 52.1 Å². The Hall–Kier alpha value is -3.42. The lowest BCUT2D eigenvalue weighted by molar-refractivity contribution is -0.141. The maximum absolute atomic E-state index is 13.4. The number of aryl methyl sites for hydroxylation is 1. The molecule has 0 spiro atoms. The zero-order valence-electron chi connectivity index (χ0n) is 17.3. The van der Waals surface area contributed by atoms with Gasteiger partial charge in [0.2, 0.25) is 11.7 Å². The van der Waals surface area contributed by atoms with Crippen LogP contribution in [0.4, 0.5) is 42.2 Å². The molecule has 2 aromatic carbocycles. The number of anilines is 2. The first kappa shape index (κ1) is 26.2. The van der Waals surface area contributed by atoms with Crippen LogP contribution in [0.5, 0.6) is 0 Å². The molecule has 0 saturated heterocycles. The fourth-order valence-electron chi connectivity index (χ4n) is 2.97. The van der Waals surface area contributed by atoms with E-state index in [2.05, 4.69) is 48.1 Å². The van der Waals surface area contributed by atoms with Gasteiger partial charge in [-0.3, -0.25) is 4.79 Å². The maximum Gasteiger partial charge on any atom is 0.416 e. The van der Waals surface area contributed by atoms with Crippen LogP contribution in [-0.4, -0.2) is 16.2 Å². The Morgan fingerprint density at radius 2 is 1.71 bits per heavy atom. The van der Waals surface area contributed by atoms with Gasteiger partial charge < -0.3 is 10.6 Å². The number of rotatable bonds is 7. The van der Waals surface area contributed by atoms with Crippen molar-refractivity contribution in [3.8, 4) is 0 Å². The van der Waals surface area contributed by atoms with E-state index in [4.69, 9.17) is 0 Å². The predicted octanol–water partition coefficient (Wildman–Crippen LogP) is 6.66. The molecule has 0 aliphatic heterocycles. The summed E-state index contributed by atoms with van der Waals surface area (Å²) in [5, 5.41) is 12.1. The number of carbonyl (C=O) groups is 1. The molecule has 35 heavy (non-hydrogen) atoms. The summed E-state index contributed by atoms with van der Waals surface area (Å²) in [6, 6.07) is 5.00. The van der Waals surface area contributed by atoms with Gasteiger partial charge in [0, 0.05) is 12.1 Å². The van der Waals surface area contributed by atoms with Crippen LogP contribution >= 0.6 is 15.9 Å². The highest BCUT2D eigenvalue weighted by atomic mass is 79.9. The molecule has 0 atom stereocenters. The summed E-state index contributed by atoms with van der Waals surface area (Å²) in [5.74, 6) is -1.59. The Bertz CT molecular complexity index is 1260. The SMILES string of the molecule is C=C(Nc1ccc(F)c(Br)c1)c1nonc1NC(=O)CCc1cc(C(F)(F)F)ccc1C(F)(F)F. The van der Waals surface area contributed by atoms with Crippen molar-refractivity contribution in [1.29, 1.82) is 0 Å². The number of aromatic nitrogens is 2. The van der Waals surface area contributed by atoms with Crippen molar-refractivity contribution < 1.29 is 40.2 Å². The number of nitrogens with one attached hydrogen (secondary N) is 2. The smallest absolute Gasteiger partial charge is 0.354 e. The summed E-state index contributed by atoms with van der Waals surface area (Å²) < 4.78 is 96.6. The molecule has 1 heterocycles. The average molecular weight is 567 g/mol. The van der Waals surface area contributed by atoms with E-state index in [1.807, 2.05) is 0 Å². The highest BCUT2D eigenvalue weighted by molar-refractivity contribution is 9.10. The van der Waals surface area contributed by atoms with Gasteiger partial charge in [0.25, 0.3) is 0 Å². The Morgan fingerprint density at radius 1 is 1.00 bits per heavy atom. The summed E-state index contributed by atoms with van der Waals surface area (Å²) in [7, 11) is 0. The fraction of sp³-hybridized carbons (Fsp3) is 0.190. The van der Waals surface area contributed by atoms with E-state index in [-0.39, 0.29) is 21.7 Å². The monoisotopic (exact) mass is 566 g/mol.